The summed E-state index contributed by atoms with van der Waals surface area (Å²) in [5, 5.41) is 42.1. The molecule has 52 heavy (non-hydrogen) atoms. The van der Waals surface area contributed by atoms with Crippen LogP contribution in [0.15, 0.2) is 97.1 Å². The van der Waals surface area contributed by atoms with E-state index in [9.17, 15) is 24.9 Å². The summed E-state index contributed by atoms with van der Waals surface area (Å²) in [7, 11) is 1.94. The van der Waals surface area contributed by atoms with E-state index in [0.717, 1.165) is 52.6 Å². The van der Waals surface area contributed by atoms with Gasteiger partial charge in [-0.25, -0.2) is 0 Å². The molecule has 0 aliphatic carbocycles. The van der Waals surface area contributed by atoms with E-state index in [1.54, 1.807) is 24.3 Å². The number of carboxylic acids is 1. The summed E-state index contributed by atoms with van der Waals surface area (Å²) >= 11 is 0. The Morgan fingerprint density at radius 3 is 2.29 bits per heavy atom. The van der Waals surface area contributed by atoms with Crippen molar-refractivity contribution in [1.82, 2.24) is 10.2 Å². The van der Waals surface area contributed by atoms with Crippen LogP contribution in [0.25, 0.3) is 11.1 Å². The zero-order chi connectivity index (χ0) is 36.9. The summed E-state index contributed by atoms with van der Waals surface area (Å²) in [5.74, 6) is -0.698. The minimum absolute atomic E-state index is 0.0235. The highest BCUT2D eigenvalue weighted by Crippen LogP contribution is 2.39. The van der Waals surface area contributed by atoms with Crippen molar-refractivity contribution >= 4 is 11.9 Å². The number of phenolic OH excluding ortho intramolecular Hbond substituents is 1. The SMILES string of the molecule is CN(C[C@H]1C[C@@H](c2ccc(CO)cc2)O[C@@H](c2ccc(-c3ccccc3CNC(=O)CCCCCCC(=O)O)cc2)O1)C[C@@H](O)c1cccc(O)c1. The summed E-state index contributed by atoms with van der Waals surface area (Å²) in [6.45, 7) is 1.26. The molecular weight excluding hydrogens is 660 g/mol. The largest absolute Gasteiger partial charge is 0.508 e. The average Bonchev–Trinajstić information content (AvgIpc) is 3.15. The first-order chi connectivity index (χ1) is 25.2. The Bertz CT molecular complexity index is 1730. The minimum atomic E-state index is -0.786. The molecule has 1 heterocycles. The monoisotopic (exact) mass is 710 g/mol. The molecule has 0 radical (unpaired) electrons. The number of amides is 1. The van der Waals surface area contributed by atoms with E-state index in [-0.39, 0.29) is 36.9 Å². The Morgan fingerprint density at radius 1 is 0.865 bits per heavy atom. The van der Waals surface area contributed by atoms with Gasteiger partial charge in [0.2, 0.25) is 5.91 Å². The lowest BCUT2D eigenvalue weighted by molar-refractivity contribution is -0.252. The van der Waals surface area contributed by atoms with Crippen LogP contribution in [0.5, 0.6) is 5.75 Å². The van der Waals surface area contributed by atoms with Crippen molar-refractivity contribution < 1.29 is 39.5 Å². The molecule has 1 fully saturated rings. The second-order valence-corrected chi connectivity index (χ2v) is 13.5. The summed E-state index contributed by atoms with van der Waals surface area (Å²) in [4.78, 5) is 25.2. The smallest absolute Gasteiger partial charge is 0.303 e. The lowest BCUT2D eigenvalue weighted by Gasteiger charge is -2.38. The molecule has 0 unspecified atom stereocenters. The Balaban J connectivity index is 1.24. The van der Waals surface area contributed by atoms with Crippen LogP contribution >= 0.6 is 0 Å². The number of aliphatic hydroxyl groups excluding tert-OH is 2. The molecule has 4 aromatic carbocycles. The van der Waals surface area contributed by atoms with E-state index in [4.69, 9.17) is 14.6 Å². The van der Waals surface area contributed by atoms with Gasteiger partial charge in [-0.05, 0) is 65.4 Å². The second-order valence-electron chi connectivity index (χ2n) is 13.5. The van der Waals surface area contributed by atoms with Gasteiger partial charge in [-0.2, -0.15) is 0 Å². The first kappa shape index (κ1) is 38.6. The molecule has 0 spiro atoms. The van der Waals surface area contributed by atoms with Crippen LogP contribution < -0.4 is 5.32 Å². The van der Waals surface area contributed by atoms with Gasteiger partial charge in [0.15, 0.2) is 6.29 Å². The quantitative estimate of drug-likeness (QED) is 0.0703. The minimum Gasteiger partial charge on any atom is -0.508 e. The fraction of sp³-hybridized carbons (Fsp3) is 0.381. The van der Waals surface area contributed by atoms with Crippen molar-refractivity contribution in [1.29, 1.82) is 0 Å². The van der Waals surface area contributed by atoms with Crippen molar-refractivity contribution in [3.63, 3.8) is 0 Å². The van der Waals surface area contributed by atoms with Gasteiger partial charge in [0.1, 0.15) is 5.75 Å². The fourth-order valence-electron chi connectivity index (χ4n) is 6.56. The van der Waals surface area contributed by atoms with Crippen LogP contribution in [0, 0.1) is 0 Å². The maximum atomic E-state index is 12.5. The number of benzene rings is 4. The van der Waals surface area contributed by atoms with Gasteiger partial charge in [0, 0.05) is 44.5 Å². The third-order valence-corrected chi connectivity index (χ3v) is 9.40. The number of likely N-dealkylation sites (N-methyl/N-ethyl adjacent to an activating group) is 1. The molecule has 1 aliphatic rings. The third kappa shape index (κ3) is 11.5. The molecule has 5 rings (SSSR count). The topological polar surface area (TPSA) is 149 Å². The average molecular weight is 711 g/mol. The molecule has 0 aromatic heterocycles. The lowest BCUT2D eigenvalue weighted by Crippen LogP contribution is -2.39. The molecule has 276 valence electrons. The molecule has 4 atom stereocenters. The Labute approximate surface area is 305 Å². The predicted octanol–water partition coefficient (Wildman–Crippen LogP) is 6.80. The summed E-state index contributed by atoms with van der Waals surface area (Å²) in [5.41, 5.74) is 6.33. The van der Waals surface area contributed by atoms with Crippen molar-refractivity contribution in [2.24, 2.45) is 0 Å². The van der Waals surface area contributed by atoms with Crippen LogP contribution in [-0.2, 0) is 32.2 Å². The number of carbonyl (C=O) groups excluding carboxylic acids is 1. The van der Waals surface area contributed by atoms with Gasteiger partial charge in [-0.1, -0.05) is 97.8 Å². The number of hydrogen-bond acceptors (Lipinski definition) is 8. The fourth-order valence-corrected chi connectivity index (χ4v) is 6.56. The number of aliphatic carboxylic acids is 1. The zero-order valence-electron chi connectivity index (χ0n) is 29.7. The van der Waals surface area contributed by atoms with E-state index in [0.29, 0.717) is 44.5 Å². The van der Waals surface area contributed by atoms with Crippen LogP contribution in [0.4, 0.5) is 0 Å². The first-order valence-corrected chi connectivity index (χ1v) is 18.0. The Hall–Kier alpha value is -4.58. The third-order valence-electron chi connectivity index (χ3n) is 9.40. The van der Waals surface area contributed by atoms with Gasteiger partial charge >= 0.3 is 5.97 Å². The van der Waals surface area contributed by atoms with E-state index in [1.165, 1.54) is 0 Å². The van der Waals surface area contributed by atoms with Crippen LogP contribution in [0.3, 0.4) is 0 Å². The Morgan fingerprint density at radius 2 is 1.58 bits per heavy atom. The maximum Gasteiger partial charge on any atom is 0.303 e. The van der Waals surface area contributed by atoms with Crippen molar-refractivity contribution in [3.8, 4) is 16.9 Å². The number of ether oxygens (including phenoxy) is 2. The number of nitrogens with zero attached hydrogens (tertiary/aromatic N) is 1. The molecule has 1 saturated heterocycles. The van der Waals surface area contributed by atoms with Gasteiger partial charge in [0.05, 0.1) is 24.9 Å². The highest BCUT2D eigenvalue weighted by Gasteiger charge is 2.33. The first-order valence-electron chi connectivity index (χ1n) is 18.0. The van der Waals surface area contributed by atoms with Crippen LogP contribution in [0.1, 0.15) is 91.3 Å². The van der Waals surface area contributed by atoms with Gasteiger partial charge in [0.25, 0.3) is 0 Å². The van der Waals surface area contributed by atoms with E-state index >= 15 is 0 Å². The Kier molecular flexibility index (Phi) is 14.4. The number of unbranched alkanes of at least 4 members (excludes halogenated alkanes) is 3. The van der Waals surface area contributed by atoms with E-state index in [2.05, 4.69) is 5.32 Å². The second kappa shape index (κ2) is 19.3. The number of aliphatic hydroxyl groups is 2. The van der Waals surface area contributed by atoms with Crippen LogP contribution in [0.2, 0.25) is 0 Å². The molecule has 10 nitrogen and oxygen atoms in total. The summed E-state index contributed by atoms with van der Waals surface area (Å²) < 4.78 is 13.1. The molecule has 10 heteroatoms. The molecular formula is C42H50N2O8. The highest BCUT2D eigenvalue weighted by molar-refractivity contribution is 5.76. The molecule has 0 bridgehead atoms. The maximum absolute atomic E-state index is 12.5. The molecule has 5 N–H and O–H groups in total. The van der Waals surface area contributed by atoms with E-state index in [1.807, 2.05) is 84.7 Å². The van der Waals surface area contributed by atoms with Crippen molar-refractivity contribution in [2.45, 2.75) is 82.7 Å². The number of hydrogen-bond donors (Lipinski definition) is 5. The van der Waals surface area contributed by atoms with Crippen molar-refractivity contribution in [2.75, 3.05) is 20.1 Å². The molecule has 1 aliphatic heterocycles. The van der Waals surface area contributed by atoms with Gasteiger partial charge in [-0.15, -0.1) is 0 Å². The number of phenols is 1. The van der Waals surface area contributed by atoms with E-state index < -0.39 is 18.4 Å². The van der Waals surface area contributed by atoms with Gasteiger partial charge in [-0.3, -0.25) is 9.59 Å². The standard InChI is InChI=1S/C42H50N2O8/c1-44(27-38(47)33-10-8-11-35(46)23-33)26-36-24-39(31-17-15-29(28-45)16-18-31)52-42(51-36)32-21-19-30(20-22-32)37-12-7-6-9-34(37)25-43-40(48)13-4-2-3-5-14-41(49)50/h6-12,15-23,36,38-39,42,45-47H,2-5,13-14,24-28H2,1H3,(H,43,48)(H,49,50)/t36-,38-,39+,42+/m1/s1. The number of aromatic hydroxyl groups is 1. The molecule has 4 aromatic rings. The van der Waals surface area contributed by atoms with Crippen molar-refractivity contribution in [3.05, 3.63) is 125 Å². The molecule has 0 saturated carbocycles. The summed E-state index contributed by atoms with van der Waals surface area (Å²) in [6.07, 6.45) is 2.28. The highest BCUT2D eigenvalue weighted by atomic mass is 16.7. The predicted molar refractivity (Wildman–Crippen MR) is 198 cm³/mol. The normalized spacial score (nSPS) is 17.9. The van der Waals surface area contributed by atoms with Gasteiger partial charge < -0.3 is 40.1 Å². The molecule has 1 amide bonds. The number of carbonyl (C=O) groups is 2. The number of rotatable bonds is 18. The summed E-state index contributed by atoms with van der Waals surface area (Å²) in [6, 6.07) is 30.5. The number of carboxylic acid groups (broad SMARTS) is 1. The lowest BCUT2D eigenvalue weighted by atomic mass is 9.97. The number of nitrogens with one attached hydrogen (secondary N) is 1. The zero-order valence-corrected chi connectivity index (χ0v) is 29.7. The van der Waals surface area contributed by atoms with Crippen LogP contribution in [-0.4, -0.2) is 63.4 Å².